The van der Waals surface area contributed by atoms with Crippen molar-refractivity contribution in [3.8, 4) is 22.8 Å². The Morgan fingerprint density at radius 3 is 2.39 bits per heavy atom. The fraction of sp³-hybridized carbons (Fsp3) is 0.136. The van der Waals surface area contributed by atoms with Crippen LogP contribution in [0.15, 0.2) is 54.9 Å². The van der Waals surface area contributed by atoms with E-state index < -0.39 is 11.9 Å². The van der Waals surface area contributed by atoms with Crippen molar-refractivity contribution < 1.29 is 19.1 Å². The van der Waals surface area contributed by atoms with Gasteiger partial charge in [-0.1, -0.05) is 23.4 Å². The second-order valence-corrected chi connectivity index (χ2v) is 6.77. The predicted molar refractivity (Wildman–Crippen MR) is 117 cm³/mol. The maximum atomic E-state index is 13.1. The number of aromatic nitrogens is 6. The summed E-state index contributed by atoms with van der Waals surface area (Å²) in [6.07, 6.45) is 2.90. The zero-order valence-corrected chi connectivity index (χ0v) is 18.0. The minimum Gasteiger partial charge on any atom is -0.479 e. The molecule has 4 rings (SSSR count). The van der Waals surface area contributed by atoms with Crippen LogP contribution in [0.2, 0.25) is 0 Å². The Hall–Kier alpha value is -4.67. The lowest BCUT2D eigenvalue weighted by Crippen LogP contribution is -2.18. The van der Waals surface area contributed by atoms with E-state index in [1.54, 1.807) is 19.1 Å². The molecule has 1 aromatic carbocycles. The molecule has 4 aromatic rings. The lowest BCUT2D eigenvalue weighted by Gasteiger charge is -2.12. The summed E-state index contributed by atoms with van der Waals surface area (Å²) in [7, 11) is 2.70. The highest BCUT2D eigenvalue weighted by Crippen LogP contribution is 2.27. The number of esters is 1. The van der Waals surface area contributed by atoms with Crippen LogP contribution in [0.3, 0.4) is 0 Å². The molecule has 3 heterocycles. The molecule has 33 heavy (non-hydrogen) atoms. The van der Waals surface area contributed by atoms with Crippen LogP contribution in [0.5, 0.6) is 5.88 Å². The normalized spacial score (nSPS) is 10.5. The third kappa shape index (κ3) is 4.37. The molecule has 3 aromatic heterocycles. The molecule has 166 valence electrons. The molecule has 11 nitrogen and oxygen atoms in total. The highest BCUT2D eigenvalue weighted by Gasteiger charge is 2.21. The van der Waals surface area contributed by atoms with Crippen LogP contribution >= 0.6 is 0 Å². The van der Waals surface area contributed by atoms with Crippen molar-refractivity contribution in [1.29, 1.82) is 0 Å². The minimum atomic E-state index is -0.635. The van der Waals surface area contributed by atoms with Gasteiger partial charge in [0.25, 0.3) is 5.91 Å². The van der Waals surface area contributed by atoms with E-state index in [4.69, 9.17) is 4.74 Å². The number of nitrogens with zero attached hydrogens (tertiary/aromatic N) is 6. The Morgan fingerprint density at radius 1 is 1.00 bits per heavy atom. The Bertz CT molecular complexity index is 1300. The van der Waals surface area contributed by atoms with Gasteiger partial charge in [-0.25, -0.2) is 24.4 Å². The zero-order chi connectivity index (χ0) is 23.4. The van der Waals surface area contributed by atoms with Crippen LogP contribution < -0.4 is 10.1 Å². The van der Waals surface area contributed by atoms with Crippen molar-refractivity contribution in [2.45, 2.75) is 6.92 Å². The second-order valence-electron chi connectivity index (χ2n) is 6.77. The molecule has 11 heteroatoms. The van der Waals surface area contributed by atoms with Gasteiger partial charge in [-0.2, -0.15) is 0 Å². The highest BCUT2D eigenvalue weighted by molar-refractivity contribution is 6.04. The molecule has 0 atom stereocenters. The molecule has 0 unspecified atom stereocenters. The largest absolute Gasteiger partial charge is 0.479 e. The van der Waals surface area contributed by atoms with Crippen molar-refractivity contribution >= 4 is 17.6 Å². The van der Waals surface area contributed by atoms with Gasteiger partial charge >= 0.3 is 5.97 Å². The summed E-state index contributed by atoms with van der Waals surface area (Å²) >= 11 is 0. The van der Waals surface area contributed by atoms with Gasteiger partial charge in [0.1, 0.15) is 5.69 Å². The van der Waals surface area contributed by atoms with Crippen molar-refractivity contribution in [2.24, 2.45) is 0 Å². The molecule has 1 N–H and O–H groups in total. The summed E-state index contributed by atoms with van der Waals surface area (Å²) in [6.45, 7) is 1.71. The van der Waals surface area contributed by atoms with E-state index in [0.717, 1.165) is 0 Å². The molecule has 0 aliphatic heterocycles. The number of rotatable bonds is 6. The first-order chi connectivity index (χ1) is 16.0. The fourth-order valence-electron chi connectivity index (χ4n) is 3.06. The molecule has 0 radical (unpaired) electrons. The lowest BCUT2D eigenvalue weighted by molar-refractivity contribution is 0.0586. The van der Waals surface area contributed by atoms with Crippen LogP contribution in [-0.2, 0) is 4.74 Å². The molecular weight excluding hydrogens is 426 g/mol. The van der Waals surface area contributed by atoms with Crippen molar-refractivity contribution in [1.82, 2.24) is 29.9 Å². The van der Waals surface area contributed by atoms with Crippen molar-refractivity contribution in [3.63, 3.8) is 0 Å². The smallest absolute Gasteiger partial charge is 0.376 e. The van der Waals surface area contributed by atoms with E-state index in [1.165, 1.54) is 31.3 Å². The van der Waals surface area contributed by atoms with Gasteiger partial charge in [-0.05, 0) is 31.2 Å². The summed E-state index contributed by atoms with van der Waals surface area (Å²) in [4.78, 5) is 37.0. The van der Waals surface area contributed by atoms with Crippen LogP contribution in [0, 0.1) is 6.92 Å². The first-order valence-electron chi connectivity index (χ1n) is 9.76. The summed E-state index contributed by atoms with van der Waals surface area (Å²) in [5.74, 6) is -0.921. The van der Waals surface area contributed by atoms with Gasteiger partial charge in [0.2, 0.25) is 11.7 Å². The lowest BCUT2D eigenvalue weighted by atomic mass is 10.2. The third-order valence-electron chi connectivity index (χ3n) is 4.67. The summed E-state index contributed by atoms with van der Waals surface area (Å²) in [5, 5.41) is 10.9. The maximum absolute atomic E-state index is 13.1. The van der Waals surface area contributed by atoms with Crippen molar-refractivity contribution in [3.05, 3.63) is 72.1 Å². The van der Waals surface area contributed by atoms with E-state index in [9.17, 15) is 9.59 Å². The van der Waals surface area contributed by atoms with E-state index >= 15 is 0 Å². The molecule has 0 aliphatic rings. The number of ether oxygens (including phenoxy) is 2. The number of carbonyl (C=O) groups is 2. The van der Waals surface area contributed by atoms with Gasteiger partial charge in [-0.15, -0.1) is 5.10 Å². The van der Waals surface area contributed by atoms with E-state index in [-0.39, 0.29) is 11.7 Å². The number of benzene rings is 1. The fourth-order valence-corrected chi connectivity index (χ4v) is 3.06. The topological polar surface area (TPSA) is 134 Å². The Morgan fingerprint density at radius 2 is 1.73 bits per heavy atom. The average molecular weight is 445 g/mol. The number of methoxy groups -OCH3 is 2. The number of nitrogens with one attached hydrogen (secondary N) is 1. The van der Waals surface area contributed by atoms with Gasteiger partial charge in [0, 0.05) is 18.0 Å². The number of pyridine rings is 1. The number of hydrogen-bond donors (Lipinski definition) is 1. The standard InChI is InChI=1S/C22H19N7O4/c1-13-18(29(28-27-13)15-7-5-4-6-8-15)20(30)25-17-10-9-16(26-21(17)32-2)14-11-23-19(24-12-14)22(31)33-3/h4-12H,1-3H3,(H,25,30). The maximum Gasteiger partial charge on any atom is 0.376 e. The number of aryl methyl sites for hydroxylation is 1. The van der Waals surface area contributed by atoms with Gasteiger partial charge in [0.05, 0.1) is 31.3 Å². The van der Waals surface area contributed by atoms with Crippen LogP contribution in [0.1, 0.15) is 26.8 Å². The number of para-hydroxylation sites is 1. The van der Waals surface area contributed by atoms with Crippen LogP contribution in [-0.4, -0.2) is 56.0 Å². The monoisotopic (exact) mass is 445 g/mol. The first kappa shape index (κ1) is 21.6. The number of amides is 1. The Labute approximate surface area is 188 Å². The van der Waals surface area contributed by atoms with Gasteiger partial charge < -0.3 is 14.8 Å². The summed E-state index contributed by atoms with van der Waals surface area (Å²) < 4.78 is 11.4. The van der Waals surface area contributed by atoms with Crippen LogP contribution in [0.25, 0.3) is 16.9 Å². The zero-order valence-electron chi connectivity index (χ0n) is 18.0. The molecule has 0 aliphatic carbocycles. The van der Waals surface area contributed by atoms with Gasteiger partial charge in [-0.3, -0.25) is 4.79 Å². The van der Waals surface area contributed by atoms with E-state index in [2.05, 4.69) is 35.3 Å². The molecule has 0 saturated heterocycles. The van der Waals surface area contributed by atoms with Crippen LogP contribution in [0.4, 0.5) is 5.69 Å². The van der Waals surface area contributed by atoms with Gasteiger partial charge in [0.15, 0.2) is 5.69 Å². The minimum absolute atomic E-state index is 0.0592. The predicted octanol–water partition coefficient (Wildman–Crippen LogP) is 2.48. The SMILES string of the molecule is COC(=O)c1ncc(-c2ccc(NC(=O)c3c(C)nnn3-c3ccccc3)c(OC)n2)cn1. The number of hydrogen-bond acceptors (Lipinski definition) is 9. The molecule has 0 saturated carbocycles. The second kappa shape index (κ2) is 9.22. The molecule has 0 bridgehead atoms. The molecule has 1 amide bonds. The molecular formula is C22H19N7O4. The van der Waals surface area contributed by atoms with E-state index in [1.807, 2.05) is 30.3 Å². The number of anilines is 1. The average Bonchev–Trinajstić information content (AvgIpc) is 3.25. The first-order valence-corrected chi connectivity index (χ1v) is 9.76. The molecule has 0 fully saturated rings. The Kier molecular flexibility index (Phi) is 6.02. The van der Waals surface area contributed by atoms with Crippen molar-refractivity contribution in [2.75, 3.05) is 19.5 Å². The molecule has 0 spiro atoms. The van der Waals surface area contributed by atoms with E-state index in [0.29, 0.717) is 34.0 Å². The number of carbonyl (C=O) groups excluding carboxylic acids is 2. The third-order valence-corrected chi connectivity index (χ3v) is 4.67. The highest BCUT2D eigenvalue weighted by atomic mass is 16.5. The Balaban J connectivity index is 1.61. The summed E-state index contributed by atoms with van der Waals surface area (Å²) in [6, 6.07) is 12.6. The summed E-state index contributed by atoms with van der Waals surface area (Å²) in [5.41, 5.74) is 2.88. The quantitative estimate of drug-likeness (QED) is 0.444.